The molecule has 0 saturated heterocycles. The smallest absolute Gasteiger partial charge is 0.180 e. The van der Waals surface area contributed by atoms with Gasteiger partial charge >= 0.3 is 0 Å². The van der Waals surface area contributed by atoms with E-state index in [9.17, 15) is 0 Å². The lowest BCUT2D eigenvalue weighted by Gasteiger charge is -2.59. The molecule has 4 aliphatic rings. The monoisotopic (exact) mass is 405 g/mol. The number of benzene rings is 1. The Morgan fingerprint density at radius 3 is 2.21 bits per heavy atom. The minimum absolute atomic E-state index is 0.0665. The van der Waals surface area contributed by atoms with Gasteiger partial charge in [-0.1, -0.05) is 11.6 Å². The van der Waals surface area contributed by atoms with Crippen molar-refractivity contribution >= 4 is 11.6 Å². The summed E-state index contributed by atoms with van der Waals surface area (Å²) in [6.45, 7) is 9.85. The highest BCUT2D eigenvalue weighted by molar-refractivity contribution is 6.32. The van der Waals surface area contributed by atoms with Crippen molar-refractivity contribution in [2.75, 3.05) is 6.61 Å². The van der Waals surface area contributed by atoms with E-state index >= 15 is 0 Å². The molecule has 1 N–H and O–H groups in total. The molecule has 4 heteroatoms. The largest absolute Gasteiger partial charge is 0.490 e. The molecule has 28 heavy (non-hydrogen) atoms. The van der Waals surface area contributed by atoms with Crippen molar-refractivity contribution in [2.45, 2.75) is 84.9 Å². The first-order valence-corrected chi connectivity index (χ1v) is 11.6. The second-order valence-electron chi connectivity index (χ2n) is 9.89. The summed E-state index contributed by atoms with van der Waals surface area (Å²) >= 11 is 6.55. The Morgan fingerprint density at radius 2 is 1.68 bits per heavy atom. The zero-order chi connectivity index (χ0) is 19.9. The molecule has 0 heterocycles. The van der Waals surface area contributed by atoms with Gasteiger partial charge < -0.3 is 14.8 Å². The Labute approximate surface area is 175 Å². The average Bonchev–Trinajstić information content (AvgIpc) is 2.61. The zero-order valence-corrected chi connectivity index (χ0v) is 18.6. The minimum atomic E-state index is 0.0665. The van der Waals surface area contributed by atoms with Gasteiger partial charge in [-0.15, -0.1) is 0 Å². The maximum Gasteiger partial charge on any atom is 0.180 e. The van der Waals surface area contributed by atoms with Gasteiger partial charge in [-0.05, 0) is 107 Å². The summed E-state index contributed by atoms with van der Waals surface area (Å²) in [5.74, 6) is 4.38. The highest BCUT2D eigenvalue weighted by Crippen LogP contribution is 2.61. The van der Waals surface area contributed by atoms with Crippen molar-refractivity contribution in [3.63, 3.8) is 0 Å². The number of hydrogen-bond donors (Lipinski definition) is 1. The first-order valence-electron chi connectivity index (χ1n) is 11.2. The Kier molecular flexibility index (Phi) is 5.86. The van der Waals surface area contributed by atoms with Crippen molar-refractivity contribution in [1.82, 2.24) is 5.32 Å². The van der Waals surface area contributed by atoms with Crippen LogP contribution in [0.15, 0.2) is 12.1 Å². The molecule has 4 bridgehead atoms. The van der Waals surface area contributed by atoms with Crippen LogP contribution in [-0.2, 0) is 6.54 Å². The second-order valence-corrected chi connectivity index (χ2v) is 10.3. The zero-order valence-electron chi connectivity index (χ0n) is 17.9. The lowest BCUT2D eigenvalue weighted by molar-refractivity contribution is -0.0706. The number of hydrogen-bond acceptors (Lipinski definition) is 3. The van der Waals surface area contributed by atoms with E-state index in [1.807, 2.05) is 26.8 Å². The first-order chi connectivity index (χ1) is 13.4. The highest BCUT2D eigenvalue weighted by atomic mass is 35.5. The number of ether oxygens (including phenoxy) is 2. The average molecular weight is 406 g/mol. The summed E-state index contributed by atoms with van der Waals surface area (Å²) in [7, 11) is 0. The van der Waals surface area contributed by atoms with Crippen LogP contribution in [-0.4, -0.2) is 18.8 Å². The lowest BCUT2D eigenvalue weighted by Crippen LogP contribution is -2.54. The normalized spacial score (nSPS) is 32.0. The van der Waals surface area contributed by atoms with E-state index in [0.29, 0.717) is 28.8 Å². The molecule has 1 unspecified atom stereocenters. The number of halogens is 1. The van der Waals surface area contributed by atoms with Crippen LogP contribution in [0.5, 0.6) is 11.5 Å². The van der Waals surface area contributed by atoms with E-state index in [1.54, 1.807) is 0 Å². The van der Waals surface area contributed by atoms with Crippen molar-refractivity contribution in [3.05, 3.63) is 22.7 Å². The minimum Gasteiger partial charge on any atom is -0.490 e. The van der Waals surface area contributed by atoms with Gasteiger partial charge in [-0.2, -0.15) is 0 Å². The maximum atomic E-state index is 6.55. The Morgan fingerprint density at radius 1 is 1.07 bits per heavy atom. The molecule has 5 rings (SSSR count). The molecule has 0 amide bonds. The quantitative estimate of drug-likeness (QED) is 0.556. The number of nitrogens with one attached hydrogen (secondary N) is 1. The van der Waals surface area contributed by atoms with Gasteiger partial charge in [0.05, 0.1) is 17.7 Å². The molecular formula is C24H36ClNO2. The molecular weight excluding hydrogens is 370 g/mol. The van der Waals surface area contributed by atoms with Gasteiger partial charge in [0.25, 0.3) is 0 Å². The van der Waals surface area contributed by atoms with Crippen molar-refractivity contribution in [3.8, 4) is 11.5 Å². The standard InChI is InChI=1S/C24H36ClNO2/c1-5-27-22-10-20(9-21(25)23(22)28-15(2)3)14-26-16(4)24-11-17-6-18(12-24)8-19(7-17)13-24/h9-10,15-19,26H,5-8,11-14H2,1-4H3. The molecule has 1 atom stereocenters. The van der Waals surface area contributed by atoms with Crippen LogP contribution < -0.4 is 14.8 Å². The number of rotatable bonds is 8. The van der Waals surface area contributed by atoms with Crippen LogP contribution in [0.25, 0.3) is 0 Å². The molecule has 156 valence electrons. The van der Waals surface area contributed by atoms with Gasteiger partial charge in [0, 0.05) is 12.6 Å². The third-order valence-electron chi connectivity index (χ3n) is 7.34. The second kappa shape index (κ2) is 8.07. The van der Waals surface area contributed by atoms with Crippen LogP contribution in [0, 0.1) is 23.2 Å². The molecule has 0 spiro atoms. The molecule has 0 aliphatic heterocycles. The fourth-order valence-electron chi connectivity index (χ4n) is 6.53. The van der Waals surface area contributed by atoms with Gasteiger partial charge in [0.1, 0.15) is 0 Å². The van der Waals surface area contributed by atoms with Gasteiger partial charge in [0.2, 0.25) is 0 Å². The Bertz CT molecular complexity index is 667. The predicted molar refractivity (Wildman–Crippen MR) is 115 cm³/mol. The fraction of sp³-hybridized carbons (Fsp3) is 0.750. The molecule has 0 radical (unpaired) electrons. The first kappa shape index (κ1) is 20.3. The molecule has 4 saturated carbocycles. The Balaban J connectivity index is 1.46. The third kappa shape index (κ3) is 4.03. The van der Waals surface area contributed by atoms with Crippen molar-refractivity contribution in [1.29, 1.82) is 0 Å². The summed E-state index contributed by atoms with van der Waals surface area (Å²) in [6.07, 6.45) is 8.85. The van der Waals surface area contributed by atoms with E-state index in [4.69, 9.17) is 21.1 Å². The summed E-state index contributed by atoms with van der Waals surface area (Å²) in [5, 5.41) is 4.50. The van der Waals surface area contributed by atoms with Crippen LogP contribution in [0.2, 0.25) is 5.02 Å². The molecule has 0 aromatic heterocycles. The van der Waals surface area contributed by atoms with Crippen LogP contribution in [0.3, 0.4) is 0 Å². The highest BCUT2D eigenvalue weighted by Gasteiger charge is 2.52. The van der Waals surface area contributed by atoms with E-state index < -0.39 is 0 Å². The predicted octanol–water partition coefficient (Wildman–Crippen LogP) is 6.22. The van der Waals surface area contributed by atoms with E-state index in [1.165, 1.54) is 44.1 Å². The van der Waals surface area contributed by atoms with Crippen LogP contribution in [0.1, 0.15) is 71.8 Å². The molecule has 4 fully saturated rings. The maximum absolute atomic E-state index is 6.55. The van der Waals surface area contributed by atoms with E-state index in [-0.39, 0.29) is 6.10 Å². The van der Waals surface area contributed by atoms with E-state index in [2.05, 4.69) is 18.3 Å². The third-order valence-corrected chi connectivity index (χ3v) is 7.62. The van der Waals surface area contributed by atoms with Crippen molar-refractivity contribution in [2.24, 2.45) is 23.2 Å². The van der Waals surface area contributed by atoms with Crippen LogP contribution >= 0.6 is 11.6 Å². The SMILES string of the molecule is CCOc1cc(CNC(C)C23CC4CC(CC(C4)C2)C3)cc(Cl)c1OC(C)C. The Hall–Kier alpha value is -0.930. The summed E-state index contributed by atoms with van der Waals surface area (Å²) in [5.41, 5.74) is 1.68. The summed E-state index contributed by atoms with van der Waals surface area (Å²) in [4.78, 5) is 0. The van der Waals surface area contributed by atoms with E-state index in [0.717, 1.165) is 30.0 Å². The van der Waals surface area contributed by atoms with Gasteiger partial charge in [0.15, 0.2) is 11.5 Å². The van der Waals surface area contributed by atoms with Crippen molar-refractivity contribution < 1.29 is 9.47 Å². The molecule has 1 aromatic rings. The van der Waals surface area contributed by atoms with Gasteiger partial charge in [-0.3, -0.25) is 0 Å². The summed E-state index contributed by atoms with van der Waals surface area (Å²) in [6, 6.07) is 4.66. The van der Waals surface area contributed by atoms with Crippen LogP contribution in [0.4, 0.5) is 0 Å². The molecule has 1 aromatic carbocycles. The van der Waals surface area contributed by atoms with Gasteiger partial charge in [-0.25, -0.2) is 0 Å². The topological polar surface area (TPSA) is 30.5 Å². The lowest BCUT2D eigenvalue weighted by atomic mass is 9.48. The molecule has 4 aliphatic carbocycles. The molecule has 3 nitrogen and oxygen atoms in total. The fourth-order valence-corrected chi connectivity index (χ4v) is 6.81. The summed E-state index contributed by atoms with van der Waals surface area (Å²) < 4.78 is 11.7.